The van der Waals surface area contributed by atoms with E-state index in [-0.39, 0.29) is 0 Å². The van der Waals surface area contributed by atoms with E-state index >= 15 is 0 Å². The molecule has 0 aliphatic carbocycles. The van der Waals surface area contributed by atoms with Gasteiger partial charge in [-0.2, -0.15) is 0 Å². The van der Waals surface area contributed by atoms with Crippen molar-refractivity contribution in [1.29, 1.82) is 0 Å². The van der Waals surface area contributed by atoms with E-state index in [2.05, 4.69) is 32.9 Å². The number of rotatable bonds is 4. The highest BCUT2D eigenvalue weighted by molar-refractivity contribution is 6.31. The maximum Gasteiger partial charge on any atom is 0.0438 e. The average molecular weight is 211 g/mol. The van der Waals surface area contributed by atoms with Crippen LogP contribution in [0.5, 0.6) is 0 Å². The summed E-state index contributed by atoms with van der Waals surface area (Å²) in [4.78, 5) is 0. The summed E-state index contributed by atoms with van der Waals surface area (Å²) in [5, 5.41) is 0.909. The maximum absolute atomic E-state index is 6.13. The molecule has 0 nitrogen and oxygen atoms in total. The van der Waals surface area contributed by atoms with E-state index in [0.717, 1.165) is 23.3 Å². The van der Waals surface area contributed by atoms with Crippen LogP contribution in [0.3, 0.4) is 0 Å². The standard InChI is InChI=1S/C13H19Cl/c1-4-11(10(2)3)9-12-7-5-6-8-13(12)14/h5-8,10-11H,4,9H2,1-3H3. The Labute approximate surface area is 92.3 Å². The first-order valence-electron chi connectivity index (χ1n) is 5.38. The van der Waals surface area contributed by atoms with Gasteiger partial charge in [0.1, 0.15) is 0 Å². The summed E-state index contributed by atoms with van der Waals surface area (Å²) in [5.74, 6) is 1.48. The zero-order valence-electron chi connectivity index (χ0n) is 9.26. The fourth-order valence-electron chi connectivity index (χ4n) is 1.80. The van der Waals surface area contributed by atoms with E-state index in [9.17, 15) is 0 Å². The predicted molar refractivity (Wildman–Crippen MR) is 63.8 cm³/mol. The first kappa shape index (κ1) is 11.6. The Bertz CT molecular complexity index is 278. The highest BCUT2D eigenvalue weighted by Gasteiger charge is 2.12. The van der Waals surface area contributed by atoms with Gasteiger partial charge in [0.25, 0.3) is 0 Å². The Balaban J connectivity index is 2.72. The van der Waals surface area contributed by atoms with Crippen LogP contribution in [0.4, 0.5) is 0 Å². The van der Waals surface area contributed by atoms with Crippen LogP contribution in [0.2, 0.25) is 5.02 Å². The summed E-state index contributed by atoms with van der Waals surface area (Å²) in [6.07, 6.45) is 2.33. The second kappa shape index (κ2) is 5.41. The van der Waals surface area contributed by atoms with Crippen molar-refractivity contribution in [3.05, 3.63) is 34.9 Å². The molecule has 0 heterocycles. The number of hydrogen-bond donors (Lipinski definition) is 0. The molecule has 0 amide bonds. The van der Waals surface area contributed by atoms with Gasteiger partial charge in [-0.05, 0) is 29.9 Å². The van der Waals surface area contributed by atoms with E-state index in [1.165, 1.54) is 12.0 Å². The van der Waals surface area contributed by atoms with Gasteiger partial charge in [-0.1, -0.05) is 57.0 Å². The van der Waals surface area contributed by atoms with Gasteiger partial charge in [0.2, 0.25) is 0 Å². The quantitative estimate of drug-likeness (QED) is 0.683. The van der Waals surface area contributed by atoms with Crippen molar-refractivity contribution in [3.8, 4) is 0 Å². The third-order valence-corrected chi connectivity index (χ3v) is 3.28. The van der Waals surface area contributed by atoms with Gasteiger partial charge < -0.3 is 0 Å². The summed E-state index contributed by atoms with van der Waals surface area (Å²) in [6, 6.07) is 8.16. The lowest BCUT2D eigenvalue weighted by Crippen LogP contribution is -2.10. The van der Waals surface area contributed by atoms with Gasteiger partial charge in [0.05, 0.1) is 0 Å². The lowest BCUT2D eigenvalue weighted by molar-refractivity contribution is 0.371. The van der Waals surface area contributed by atoms with Crippen LogP contribution < -0.4 is 0 Å². The summed E-state index contributed by atoms with van der Waals surface area (Å²) in [6.45, 7) is 6.82. The lowest BCUT2D eigenvalue weighted by Gasteiger charge is -2.19. The molecular weight excluding hydrogens is 192 g/mol. The molecule has 78 valence electrons. The van der Waals surface area contributed by atoms with E-state index in [0.29, 0.717) is 0 Å². The zero-order valence-corrected chi connectivity index (χ0v) is 10.0. The van der Waals surface area contributed by atoms with Gasteiger partial charge in [-0.15, -0.1) is 0 Å². The molecule has 0 spiro atoms. The Morgan fingerprint density at radius 2 is 1.86 bits per heavy atom. The van der Waals surface area contributed by atoms with Gasteiger partial charge >= 0.3 is 0 Å². The lowest BCUT2D eigenvalue weighted by atomic mass is 9.87. The highest BCUT2D eigenvalue weighted by atomic mass is 35.5. The maximum atomic E-state index is 6.13. The Kier molecular flexibility index (Phi) is 4.47. The largest absolute Gasteiger partial charge is 0.0840 e. The summed E-state index contributed by atoms with van der Waals surface area (Å²) in [7, 11) is 0. The molecule has 1 aromatic carbocycles. The van der Waals surface area contributed by atoms with Crippen molar-refractivity contribution < 1.29 is 0 Å². The topological polar surface area (TPSA) is 0 Å². The smallest absolute Gasteiger partial charge is 0.0438 e. The summed E-state index contributed by atoms with van der Waals surface area (Å²) >= 11 is 6.13. The van der Waals surface area contributed by atoms with Crippen LogP contribution in [0.25, 0.3) is 0 Å². The van der Waals surface area contributed by atoms with Crippen LogP contribution in [0.1, 0.15) is 32.8 Å². The van der Waals surface area contributed by atoms with E-state index in [1.807, 2.05) is 12.1 Å². The molecule has 0 saturated carbocycles. The molecule has 0 fully saturated rings. The van der Waals surface area contributed by atoms with Crippen molar-refractivity contribution in [2.45, 2.75) is 33.6 Å². The van der Waals surface area contributed by atoms with E-state index in [1.54, 1.807) is 0 Å². The Morgan fingerprint density at radius 3 is 2.36 bits per heavy atom. The summed E-state index contributed by atoms with van der Waals surface area (Å²) in [5.41, 5.74) is 1.29. The van der Waals surface area contributed by atoms with Crippen LogP contribution in [0.15, 0.2) is 24.3 Å². The van der Waals surface area contributed by atoms with Gasteiger partial charge in [0, 0.05) is 5.02 Å². The van der Waals surface area contributed by atoms with Crippen LogP contribution >= 0.6 is 11.6 Å². The van der Waals surface area contributed by atoms with Crippen LogP contribution in [0, 0.1) is 11.8 Å². The first-order valence-corrected chi connectivity index (χ1v) is 5.76. The Hall–Kier alpha value is -0.490. The molecule has 0 bridgehead atoms. The predicted octanol–water partition coefficient (Wildman–Crippen LogP) is 4.56. The van der Waals surface area contributed by atoms with E-state index < -0.39 is 0 Å². The minimum atomic E-state index is 0.733. The normalized spacial score (nSPS) is 13.2. The first-order chi connectivity index (χ1) is 6.65. The molecule has 0 aliphatic rings. The molecule has 1 atom stereocenters. The number of benzene rings is 1. The third kappa shape index (κ3) is 3.02. The molecule has 0 aliphatic heterocycles. The SMILES string of the molecule is CCC(Cc1ccccc1Cl)C(C)C. The van der Waals surface area contributed by atoms with Gasteiger partial charge in [-0.25, -0.2) is 0 Å². The minimum Gasteiger partial charge on any atom is -0.0840 e. The monoisotopic (exact) mass is 210 g/mol. The van der Waals surface area contributed by atoms with Crippen LogP contribution in [-0.4, -0.2) is 0 Å². The minimum absolute atomic E-state index is 0.733. The van der Waals surface area contributed by atoms with Crippen LogP contribution in [-0.2, 0) is 6.42 Å². The molecule has 1 unspecified atom stereocenters. The third-order valence-electron chi connectivity index (χ3n) is 2.91. The van der Waals surface area contributed by atoms with Crippen molar-refractivity contribution in [2.24, 2.45) is 11.8 Å². The van der Waals surface area contributed by atoms with Crippen molar-refractivity contribution in [3.63, 3.8) is 0 Å². The molecule has 14 heavy (non-hydrogen) atoms. The van der Waals surface area contributed by atoms with Crippen molar-refractivity contribution in [2.75, 3.05) is 0 Å². The second-order valence-corrected chi connectivity index (χ2v) is 4.62. The zero-order chi connectivity index (χ0) is 10.6. The number of hydrogen-bond acceptors (Lipinski definition) is 0. The van der Waals surface area contributed by atoms with Crippen molar-refractivity contribution in [1.82, 2.24) is 0 Å². The fourth-order valence-corrected chi connectivity index (χ4v) is 2.01. The second-order valence-electron chi connectivity index (χ2n) is 4.21. The molecule has 0 radical (unpaired) electrons. The number of halogens is 1. The van der Waals surface area contributed by atoms with Crippen molar-refractivity contribution >= 4 is 11.6 Å². The fraction of sp³-hybridized carbons (Fsp3) is 0.538. The molecule has 0 saturated heterocycles. The van der Waals surface area contributed by atoms with Gasteiger partial charge in [-0.3, -0.25) is 0 Å². The summed E-state index contributed by atoms with van der Waals surface area (Å²) < 4.78 is 0. The molecule has 0 N–H and O–H groups in total. The highest BCUT2D eigenvalue weighted by Crippen LogP contribution is 2.24. The molecule has 0 aromatic heterocycles. The molecular formula is C13H19Cl. The molecule has 1 rings (SSSR count). The molecule has 1 aromatic rings. The average Bonchev–Trinajstić information content (AvgIpc) is 2.16. The molecule has 1 heteroatoms. The Morgan fingerprint density at radius 1 is 1.21 bits per heavy atom. The van der Waals surface area contributed by atoms with E-state index in [4.69, 9.17) is 11.6 Å². The van der Waals surface area contributed by atoms with Gasteiger partial charge in [0.15, 0.2) is 0 Å².